The fourth-order valence-corrected chi connectivity index (χ4v) is 15.3. The molecule has 3 heteroatoms. The fraction of sp³-hybridized carbons (Fsp3) is 0. The van der Waals surface area contributed by atoms with E-state index in [1.54, 1.807) is 0 Å². The van der Waals surface area contributed by atoms with Gasteiger partial charge < -0.3 is 9.13 Å². The summed E-state index contributed by atoms with van der Waals surface area (Å²) in [6, 6.07) is 94.3. The van der Waals surface area contributed by atoms with Gasteiger partial charge in [-0.05, 0) is 73.8 Å². The van der Waals surface area contributed by atoms with Crippen LogP contribution in [0.5, 0.6) is 0 Å². The van der Waals surface area contributed by atoms with Gasteiger partial charge in [0.15, 0.2) is 8.07 Å². The van der Waals surface area contributed by atoms with Crippen LogP contribution in [0.2, 0.25) is 0 Å². The Morgan fingerprint density at radius 1 is 0.270 bits per heavy atom. The summed E-state index contributed by atoms with van der Waals surface area (Å²) in [4.78, 5) is 0. The van der Waals surface area contributed by atoms with Gasteiger partial charge in [-0.25, -0.2) is 0 Å². The maximum Gasteiger partial charge on any atom is 0.181 e. The predicted molar refractivity (Wildman–Crippen MR) is 270 cm³/mol. The Balaban J connectivity index is 1.20. The first-order valence-corrected chi connectivity index (χ1v) is 23.8. The average Bonchev–Trinajstić information content (AvgIpc) is 3.89. The molecule has 10 aromatic carbocycles. The highest BCUT2D eigenvalue weighted by Gasteiger charge is 2.43. The minimum atomic E-state index is -2.98. The van der Waals surface area contributed by atoms with Gasteiger partial charge in [0, 0.05) is 38.5 Å². The van der Waals surface area contributed by atoms with Crippen LogP contribution in [0.15, 0.2) is 255 Å². The van der Waals surface area contributed by atoms with Crippen LogP contribution in [0.1, 0.15) is 0 Å². The van der Waals surface area contributed by atoms with E-state index in [-0.39, 0.29) is 0 Å². The van der Waals surface area contributed by atoms with E-state index in [1.807, 2.05) is 0 Å². The largest absolute Gasteiger partial charge is 0.309 e. The minimum absolute atomic E-state index is 1.14. The van der Waals surface area contributed by atoms with Gasteiger partial charge in [0.2, 0.25) is 0 Å². The Labute approximate surface area is 368 Å². The second-order valence-electron chi connectivity index (χ2n) is 16.4. The Morgan fingerprint density at radius 2 is 0.730 bits per heavy atom. The van der Waals surface area contributed by atoms with Crippen molar-refractivity contribution in [2.75, 3.05) is 0 Å². The van der Waals surface area contributed by atoms with Crippen LogP contribution in [-0.4, -0.2) is 17.2 Å². The molecule has 0 aliphatic carbocycles. The zero-order valence-electron chi connectivity index (χ0n) is 34.6. The smallest absolute Gasteiger partial charge is 0.181 e. The van der Waals surface area contributed by atoms with Gasteiger partial charge >= 0.3 is 0 Å². The number of fused-ring (bicyclic) bond motifs is 6. The molecule has 63 heavy (non-hydrogen) atoms. The van der Waals surface area contributed by atoms with Crippen molar-refractivity contribution in [1.82, 2.24) is 9.13 Å². The summed E-state index contributed by atoms with van der Waals surface area (Å²) in [5, 5.41) is 10.4. The third-order valence-corrected chi connectivity index (χ3v) is 17.9. The monoisotopic (exact) mass is 818 g/mol. The van der Waals surface area contributed by atoms with Crippen LogP contribution in [0.4, 0.5) is 0 Å². The number of hydrogen-bond acceptors (Lipinski definition) is 0. The van der Waals surface area contributed by atoms with Crippen molar-refractivity contribution in [2.24, 2.45) is 0 Å². The van der Waals surface area contributed by atoms with Gasteiger partial charge in [0.25, 0.3) is 0 Å². The van der Waals surface area contributed by atoms with Crippen LogP contribution in [-0.2, 0) is 0 Å². The Kier molecular flexibility index (Phi) is 8.87. The molecule has 0 aliphatic heterocycles. The minimum Gasteiger partial charge on any atom is -0.309 e. The van der Waals surface area contributed by atoms with Crippen LogP contribution < -0.4 is 20.7 Å². The highest BCUT2D eigenvalue weighted by atomic mass is 28.3. The maximum atomic E-state index is 2.61. The number of nitrogens with zero attached hydrogens (tertiary/aromatic N) is 2. The highest BCUT2D eigenvalue weighted by molar-refractivity contribution is 7.20. The lowest BCUT2D eigenvalue weighted by Crippen LogP contribution is -2.75. The number of hydrogen-bond donors (Lipinski definition) is 0. The predicted octanol–water partition coefficient (Wildman–Crippen LogP) is 12.6. The molecule has 12 aromatic rings. The normalized spacial score (nSPS) is 11.8. The molecule has 2 heterocycles. The Hall–Kier alpha value is -7.98. The molecule has 2 aromatic heterocycles. The second kappa shape index (κ2) is 15.2. The van der Waals surface area contributed by atoms with E-state index in [4.69, 9.17) is 0 Å². The summed E-state index contributed by atoms with van der Waals surface area (Å²) in [6.45, 7) is 0. The maximum absolute atomic E-state index is 2.98. The summed E-state index contributed by atoms with van der Waals surface area (Å²) in [5.41, 5.74) is 11.9. The van der Waals surface area contributed by atoms with E-state index in [1.165, 1.54) is 86.6 Å². The molecule has 2 nitrogen and oxygen atoms in total. The molecule has 0 N–H and O–H groups in total. The molecule has 296 valence electrons. The third kappa shape index (κ3) is 5.85. The van der Waals surface area contributed by atoms with Crippen molar-refractivity contribution in [2.45, 2.75) is 0 Å². The van der Waals surface area contributed by atoms with Crippen molar-refractivity contribution in [3.05, 3.63) is 255 Å². The second-order valence-corrected chi connectivity index (χ2v) is 20.2. The topological polar surface area (TPSA) is 9.86 Å². The van der Waals surface area contributed by atoms with Crippen molar-refractivity contribution in [1.29, 1.82) is 0 Å². The number of rotatable bonds is 8. The molecule has 0 atom stereocenters. The molecule has 0 saturated carbocycles. The SMILES string of the molecule is c1ccc(-c2ccc(-n3c4ccccc4c4cc(-n5c6c(-c7ccccc7)cccc6c6cccc([Si](c7ccccc7)(c7ccccc7)c7ccccc7)c65)ccc43)cc2)cc1. The lowest BCUT2D eigenvalue weighted by Gasteiger charge is -2.35. The van der Waals surface area contributed by atoms with Crippen LogP contribution in [0, 0.1) is 0 Å². The van der Waals surface area contributed by atoms with Gasteiger partial charge in [0.05, 0.1) is 22.1 Å². The first-order valence-electron chi connectivity index (χ1n) is 21.8. The average molecular weight is 819 g/mol. The van der Waals surface area contributed by atoms with Crippen molar-refractivity contribution in [3.8, 4) is 33.6 Å². The molecular formula is C60H42N2Si. The summed E-state index contributed by atoms with van der Waals surface area (Å²) < 4.78 is 5.03. The van der Waals surface area contributed by atoms with Crippen LogP contribution in [0.25, 0.3) is 77.2 Å². The molecule has 0 spiro atoms. The van der Waals surface area contributed by atoms with Gasteiger partial charge in [-0.3, -0.25) is 0 Å². The molecule has 0 saturated heterocycles. The molecule has 12 rings (SSSR count). The van der Waals surface area contributed by atoms with Gasteiger partial charge in [-0.15, -0.1) is 0 Å². The first kappa shape index (κ1) is 36.8. The van der Waals surface area contributed by atoms with Gasteiger partial charge in [0.1, 0.15) is 0 Å². The summed E-state index contributed by atoms with van der Waals surface area (Å²) >= 11 is 0. The number of aromatic nitrogens is 2. The zero-order valence-corrected chi connectivity index (χ0v) is 35.6. The zero-order chi connectivity index (χ0) is 41.7. The lowest BCUT2D eigenvalue weighted by molar-refractivity contribution is 1.17. The van der Waals surface area contributed by atoms with E-state index in [0.29, 0.717) is 0 Å². The lowest BCUT2D eigenvalue weighted by atomic mass is 10.0. The Morgan fingerprint density at radius 3 is 1.35 bits per heavy atom. The van der Waals surface area contributed by atoms with E-state index < -0.39 is 8.07 Å². The summed E-state index contributed by atoms with van der Waals surface area (Å²) in [5.74, 6) is 0. The van der Waals surface area contributed by atoms with Crippen molar-refractivity contribution >= 4 is 72.4 Å². The van der Waals surface area contributed by atoms with Crippen molar-refractivity contribution in [3.63, 3.8) is 0 Å². The Bertz CT molecular complexity index is 3480. The number of para-hydroxylation sites is 3. The van der Waals surface area contributed by atoms with E-state index >= 15 is 0 Å². The summed E-state index contributed by atoms with van der Waals surface area (Å²) in [7, 11) is -2.98. The van der Waals surface area contributed by atoms with E-state index in [0.717, 1.165) is 11.4 Å². The molecule has 0 amide bonds. The molecule has 0 bridgehead atoms. The van der Waals surface area contributed by atoms with E-state index in [2.05, 4.69) is 264 Å². The molecule has 0 radical (unpaired) electrons. The van der Waals surface area contributed by atoms with Crippen LogP contribution >= 0.6 is 0 Å². The molecule has 0 unspecified atom stereocenters. The standard InChI is InChI=1S/C60H42N2Si/c1-6-20-43(21-7-1)44-36-38-46(39-37-44)61-56-34-17-16-30-52(56)55-42-47(40-41-57(55)61)62-59-51(45-22-8-2-9-23-45)31-18-32-53(59)54-33-19-35-58(60(54)62)63(48-24-10-3-11-25-48,49-26-12-4-13-27-49)50-28-14-5-15-29-50/h1-42H. The fourth-order valence-electron chi connectivity index (χ4n) is 10.4. The van der Waals surface area contributed by atoms with Crippen molar-refractivity contribution < 1.29 is 0 Å². The summed E-state index contributed by atoms with van der Waals surface area (Å²) in [6.07, 6.45) is 0. The number of benzene rings is 10. The van der Waals surface area contributed by atoms with Crippen LogP contribution in [0.3, 0.4) is 0 Å². The highest BCUT2D eigenvalue weighted by Crippen LogP contribution is 2.40. The quantitative estimate of drug-likeness (QED) is 0.107. The molecule has 0 fully saturated rings. The molecule has 0 aliphatic rings. The van der Waals surface area contributed by atoms with Gasteiger partial charge in [-0.1, -0.05) is 218 Å². The van der Waals surface area contributed by atoms with E-state index in [9.17, 15) is 0 Å². The third-order valence-electron chi connectivity index (χ3n) is 13.1. The first-order chi connectivity index (χ1) is 31.3. The molecular weight excluding hydrogens is 777 g/mol. The van der Waals surface area contributed by atoms with Gasteiger partial charge in [-0.2, -0.15) is 0 Å².